The number of hydrogen-bond acceptors (Lipinski definition) is 5. The number of nitro groups is 1. The quantitative estimate of drug-likeness (QED) is 0.646. The lowest BCUT2D eigenvalue weighted by atomic mass is 10.2. The van der Waals surface area contributed by atoms with Crippen molar-refractivity contribution in [2.75, 3.05) is 0 Å². The molecular weight excluding hydrogens is 296 g/mol. The monoisotopic (exact) mass is 308 g/mol. The van der Waals surface area contributed by atoms with Crippen LogP contribution in [0.4, 0.5) is 5.69 Å². The molecule has 2 aromatic rings. The van der Waals surface area contributed by atoms with Gasteiger partial charge in [0.25, 0.3) is 5.69 Å². The first-order chi connectivity index (χ1) is 9.88. The highest BCUT2D eigenvalue weighted by atomic mass is 32.2. The van der Waals surface area contributed by atoms with Crippen LogP contribution in [0.2, 0.25) is 0 Å². The predicted octanol–water partition coefficient (Wildman–Crippen LogP) is 1.78. The van der Waals surface area contributed by atoms with E-state index in [9.17, 15) is 18.5 Å². The molecule has 0 aromatic heterocycles. The molecule has 8 heteroatoms. The van der Waals surface area contributed by atoms with Crippen molar-refractivity contribution in [1.29, 1.82) is 0 Å². The van der Waals surface area contributed by atoms with E-state index < -0.39 is 14.9 Å². The minimum atomic E-state index is -3.84. The number of phenols is 1. The normalized spacial score (nSPS) is 11.2. The van der Waals surface area contributed by atoms with E-state index in [0.717, 1.165) is 6.07 Å². The van der Waals surface area contributed by atoms with Gasteiger partial charge in [-0.3, -0.25) is 10.1 Å². The molecule has 0 aliphatic carbocycles. The Morgan fingerprint density at radius 3 is 2.43 bits per heavy atom. The molecule has 7 nitrogen and oxygen atoms in total. The van der Waals surface area contributed by atoms with Crippen LogP contribution >= 0.6 is 0 Å². The third-order valence-corrected chi connectivity index (χ3v) is 4.14. The second-order valence-corrected chi connectivity index (χ2v) is 6.01. The lowest BCUT2D eigenvalue weighted by Gasteiger charge is -2.07. The molecule has 0 aliphatic rings. The maximum atomic E-state index is 12.1. The van der Waals surface area contributed by atoms with Crippen molar-refractivity contribution in [1.82, 2.24) is 4.72 Å². The van der Waals surface area contributed by atoms with Crippen LogP contribution in [0.25, 0.3) is 0 Å². The van der Waals surface area contributed by atoms with Crippen molar-refractivity contribution < 1.29 is 18.4 Å². The Bertz CT molecular complexity index is 756. The van der Waals surface area contributed by atoms with Gasteiger partial charge < -0.3 is 5.11 Å². The molecule has 2 aromatic carbocycles. The summed E-state index contributed by atoms with van der Waals surface area (Å²) in [6, 6.07) is 10.8. The topological polar surface area (TPSA) is 110 Å². The summed E-state index contributed by atoms with van der Waals surface area (Å²) < 4.78 is 26.5. The van der Waals surface area contributed by atoms with E-state index in [-0.39, 0.29) is 22.9 Å². The Morgan fingerprint density at radius 1 is 1.14 bits per heavy atom. The second-order valence-electron chi connectivity index (χ2n) is 4.25. The Hall–Kier alpha value is -2.45. The minimum absolute atomic E-state index is 0.0192. The number of non-ortho nitro benzene ring substituents is 1. The largest absolute Gasteiger partial charge is 0.508 e. The number of phenolic OH excluding ortho intramolecular Hbond substituents is 1. The van der Waals surface area contributed by atoms with Crippen LogP contribution < -0.4 is 4.72 Å². The zero-order valence-electron chi connectivity index (χ0n) is 10.8. The van der Waals surface area contributed by atoms with Gasteiger partial charge in [0.2, 0.25) is 10.0 Å². The molecule has 21 heavy (non-hydrogen) atoms. The molecule has 0 unspecified atom stereocenters. The van der Waals surface area contributed by atoms with Gasteiger partial charge in [0, 0.05) is 18.7 Å². The van der Waals surface area contributed by atoms with Gasteiger partial charge in [0.1, 0.15) is 5.75 Å². The van der Waals surface area contributed by atoms with Crippen LogP contribution in [-0.4, -0.2) is 18.4 Å². The van der Waals surface area contributed by atoms with E-state index in [4.69, 9.17) is 5.11 Å². The van der Waals surface area contributed by atoms with Crippen LogP contribution in [0.1, 0.15) is 5.56 Å². The van der Waals surface area contributed by atoms with E-state index >= 15 is 0 Å². The first kappa shape index (κ1) is 14.9. The van der Waals surface area contributed by atoms with E-state index in [1.807, 2.05) is 0 Å². The number of benzene rings is 2. The standard InChI is InChI=1S/C13H12N2O5S/c16-12-6-4-10(5-7-12)9-14-21(19,20)13-3-1-2-11(8-13)15(17)18/h1-8,14,16H,9H2. The fraction of sp³-hybridized carbons (Fsp3) is 0.0769. The lowest BCUT2D eigenvalue weighted by Crippen LogP contribution is -2.23. The molecule has 0 aliphatic heterocycles. The molecule has 110 valence electrons. The number of nitrogens with zero attached hydrogens (tertiary/aromatic N) is 1. The molecule has 0 spiro atoms. The molecule has 0 saturated heterocycles. The highest BCUT2D eigenvalue weighted by Crippen LogP contribution is 2.17. The summed E-state index contributed by atoms with van der Waals surface area (Å²) in [6.45, 7) is 0.0192. The zero-order valence-corrected chi connectivity index (χ0v) is 11.6. The van der Waals surface area contributed by atoms with Crippen molar-refractivity contribution in [3.8, 4) is 5.75 Å². The molecule has 0 amide bonds. The molecule has 0 fully saturated rings. The summed E-state index contributed by atoms with van der Waals surface area (Å²) in [4.78, 5) is 9.83. The number of hydrogen-bond donors (Lipinski definition) is 2. The summed E-state index contributed by atoms with van der Waals surface area (Å²) in [5.41, 5.74) is 0.365. The Kier molecular flexibility index (Phi) is 4.20. The Labute approximate surface area is 121 Å². The van der Waals surface area contributed by atoms with Crippen LogP contribution in [0.5, 0.6) is 5.75 Å². The van der Waals surface area contributed by atoms with E-state index in [1.54, 1.807) is 12.1 Å². The number of nitrogens with one attached hydrogen (secondary N) is 1. The minimum Gasteiger partial charge on any atom is -0.508 e. The van der Waals surface area contributed by atoms with E-state index in [0.29, 0.717) is 5.56 Å². The van der Waals surface area contributed by atoms with Gasteiger partial charge >= 0.3 is 0 Å². The maximum Gasteiger partial charge on any atom is 0.270 e. The van der Waals surface area contributed by atoms with E-state index in [1.165, 1.54) is 30.3 Å². The molecule has 0 radical (unpaired) electrons. The third kappa shape index (κ3) is 3.77. The second kappa shape index (κ2) is 5.90. The summed E-state index contributed by atoms with van der Waals surface area (Å²) >= 11 is 0. The van der Waals surface area contributed by atoms with Gasteiger partial charge in [-0.2, -0.15) is 0 Å². The van der Waals surface area contributed by atoms with Crippen LogP contribution in [0.15, 0.2) is 53.4 Å². The van der Waals surface area contributed by atoms with Crippen LogP contribution in [-0.2, 0) is 16.6 Å². The van der Waals surface area contributed by atoms with Gasteiger partial charge in [-0.05, 0) is 23.8 Å². The first-order valence-corrected chi connectivity index (χ1v) is 7.39. The predicted molar refractivity (Wildman–Crippen MR) is 75.2 cm³/mol. The van der Waals surface area contributed by atoms with Crippen molar-refractivity contribution in [2.24, 2.45) is 0 Å². The van der Waals surface area contributed by atoms with Gasteiger partial charge in [-0.1, -0.05) is 18.2 Å². The smallest absolute Gasteiger partial charge is 0.270 e. The zero-order chi connectivity index (χ0) is 15.5. The Morgan fingerprint density at radius 2 is 1.81 bits per heavy atom. The van der Waals surface area contributed by atoms with Crippen molar-refractivity contribution in [2.45, 2.75) is 11.4 Å². The average molecular weight is 308 g/mol. The number of aromatic hydroxyl groups is 1. The molecular formula is C13H12N2O5S. The van der Waals surface area contributed by atoms with Gasteiger partial charge in [0.15, 0.2) is 0 Å². The van der Waals surface area contributed by atoms with Gasteiger partial charge in [-0.15, -0.1) is 0 Å². The summed E-state index contributed by atoms with van der Waals surface area (Å²) in [6.07, 6.45) is 0. The molecule has 0 bridgehead atoms. The molecule has 0 atom stereocenters. The van der Waals surface area contributed by atoms with Crippen molar-refractivity contribution in [3.63, 3.8) is 0 Å². The number of nitro benzene ring substituents is 1. The summed E-state index contributed by atoms with van der Waals surface area (Å²) in [7, 11) is -3.84. The summed E-state index contributed by atoms with van der Waals surface area (Å²) in [5.74, 6) is 0.0836. The fourth-order valence-corrected chi connectivity index (χ4v) is 2.70. The highest BCUT2D eigenvalue weighted by molar-refractivity contribution is 7.89. The molecule has 2 rings (SSSR count). The molecule has 0 heterocycles. The van der Waals surface area contributed by atoms with Crippen molar-refractivity contribution in [3.05, 3.63) is 64.2 Å². The van der Waals surface area contributed by atoms with Crippen molar-refractivity contribution >= 4 is 15.7 Å². The number of rotatable bonds is 5. The van der Waals surface area contributed by atoms with Crippen LogP contribution in [0.3, 0.4) is 0 Å². The maximum absolute atomic E-state index is 12.1. The fourth-order valence-electron chi connectivity index (χ4n) is 1.64. The lowest BCUT2D eigenvalue weighted by molar-refractivity contribution is -0.385. The first-order valence-electron chi connectivity index (χ1n) is 5.90. The molecule has 2 N–H and O–H groups in total. The third-order valence-electron chi connectivity index (χ3n) is 2.74. The summed E-state index contributed by atoms with van der Waals surface area (Å²) in [5, 5.41) is 19.8. The van der Waals surface area contributed by atoms with Gasteiger partial charge in [-0.25, -0.2) is 13.1 Å². The SMILES string of the molecule is O=[N+]([O-])c1cccc(S(=O)(=O)NCc2ccc(O)cc2)c1. The highest BCUT2D eigenvalue weighted by Gasteiger charge is 2.17. The van der Waals surface area contributed by atoms with Gasteiger partial charge in [0.05, 0.1) is 9.82 Å². The molecule has 0 saturated carbocycles. The Balaban J connectivity index is 2.16. The number of sulfonamides is 1. The van der Waals surface area contributed by atoms with E-state index in [2.05, 4.69) is 4.72 Å². The average Bonchev–Trinajstić information content (AvgIpc) is 2.47. The van der Waals surface area contributed by atoms with Crippen LogP contribution in [0, 0.1) is 10.1 Å².